The second-order valence-corrected chi connectivity index (χ2v) is 5.41. The first-order valence-electron chi connectivity index (χ1n) is 6.89. The van der Waals surface area contributed by atoms with Crippen molar-refractivity contribution in [3.05, 3.63) is 0 Å². The summed E-state index contributed by atoms with van der Waals surface area (Å²) in [5, 5.41) is 21.5. The lowest BCUT2D eigenvalue weighted by atomic mass is 9.78. The standard InChI is InChI=1S/C13H21NO5/c15-12(16)10-2-1-9(7-11(10)13(17)18)19-8-3-5-14-6-4-8/h8-11,14H,1-7H2,(H,15,16)(H,17,18)/t9-,10+,11+/m1/s1. The molecule has 3 N–H and O–H groups in total. The van der Waals surface area contributed by atoms with Gasteiger partial charge in [0.15, 0.2) is 0 Å². The third kappa shape index (κ3) is 3.67. The first-order chi connectivity index (χ1) is 9.08. The number of rotatable bonds is 4. The topological polar surface area (TPSA) is 95.9 Å². The van der Waals surface area contributed by atoms with E-state index in [4.69, 9.17) is 14.9 Å². The molecule has 6 heteroatoms. The zero-order valence-electron chi connectivity index (χ0n) is 10.9. The Balaban J connectivity index is 1.90. The minimum absolute atomic E-state index is 0.111. The van der Waals surface area contributed by atoms with Gasteiger partial charge in [-0.25, -0.2) is 0 Å². The van der Waals surface area contributed by atoms with Gasteiger partial charge in [0.2, 0.25) is 0 Å². The SMILES string of the molecule is O=C(O)[C@H]1CC[C@@H](OC2CCNCC2)C[C@@H]1C(=O)O. The summed E-state index contributed by atoms with van der Waals surface area (Å²) in [6, 6.07) is 0. The van der Waals surface area contributed by atoms with Crippen molar-refractivity contribution in [3.63, 3.8) is 0 Å². The van der Waals surface area contributed by atoms with E-state index in [2.05, 4.69) is 5.32 Å². The Morgan fingerprint density at radius 1 is 0.895 bits per heavy atom. The second kappa shape index (κ2) is 6.34. The Morgan fingerprint density at radius 2 is 1.53 bits per heavy atom. The van der Waals surface area contributed by atoms with Crippen molar-refractivity contribution in [2.45, 2.75) is 44.3 Å². The normalized spacial score (nSPS) is 32.9. The molecule has 0 unspecified atom stereocenters. The van der Waals surface area contributed by atoms with Gasteiger partial charge in [-0.05, 0) is 45.2 Å². The molecule has 6 nitrogen and oxygen atoms in total. The lowest BCUT2D eigenvalue weighted by molar-refractivity contribution is -0.160. The number of nitrogens with one attached hydrogen (secondary N) is 1. The molecular weight excluding hydrogens is 250 g/mol. The summed E-state index contributed by atoms with van der Waals surface area (Å²) in [6.07, 6.45) is 3.30. The number of carbonyl (C=O) groups is 2. The molecule has 1 heterocycles. The molecule has 0 aromatic carbocycles. The molecule has 1 aliphatic carbocycles. The maximum atomic E-state index is 11.2. The molecule has 0 radical (unpaired) electrons. The zero-order valence-corrected chi connectivity index (χ0v) is 10.9. The summed E-state index contributed by atoms with van der Waals surface area (Å²) in [7, 11) is 0. The van der Waals surface area contributed by atoms with Crippen LogP contribution in [0.2, 0.25) is 0 Å². The summed E-state index contributed by atoms with van der Waals surface area (Å²) in [4.78, 5) is 22.2. The van der Waals surface area contributed by atoms with Crippen molar-refractivity contribution in [1.82, 2.24) is 5.32 Å². The van der Waals surface area contributed by atoms with Gasteiger partial charge in [0.05, 0.1) is 24.0 Å². The van der Waals surface area contributed by atoms with E-state index in [1.165, 1.54) is 0 Å². The lowest BCUT2D eigenvalue weighted by Crippen LogP contribution is -2.41. The van der Waals surface area contributed by atoms with Crippen LogP contribution in [-0.2, 0) is 14.3 Å². The minimum atomic E-state index is -1.02. The highest BCUT2D eigenvalue weighted by Crippen LogP contribution is 2.33. The molecule has 2 rings (SSSR count). The van der Waals surface area contributed by atoms with E-state index in [-0.39, 0.29) is 12.2 Å². The van der Waals surface area contributed by atoms with Crippen LogP contribution in [0.3, 0.4) is 0 Å². The van der Waals surface area contributed by atoms with Gasteiger partial charge < -0.3 is 20.3 Å². The van der Waals surface area contributed by atoms with Gasteiger partial charge in [-0.2, -0.15) is 0 Å². The average molecular weight is 271 g/mol. The van der Waals surface area contributed by atoms with Gasteiger partial charge in [0.25, 0.3) is 0 Å². The molecular formula is C13H21NO5. The summed E-state index contributed by atoms with van der Waals surface area (Å²) in [6.45, 7) is 1.86. The number of aliphatic carboxylic acids is 2. The van der Waals surface area contributed by atoms with E-state index in [0.717, 1.165) is 25.9 Å². The van der Waals surface area contributed by atoms with Crippen LogP contribution in [0, 0.1) is 11.8 Å². The van der Waals surface area contributed by atoms with E-state index in [1.54, 1.807) is 0 Å². The predicted molar refractivity (Wildman–Crippen MR) is 66.9 cm³/mol. The van der Waals surface area contributed by atoms with Crippen molar-refractivity contribution in [1.29, 1.82) is 0 Å². The fourth-order valence-electron chi connectivity index (χ4n) is 3.03. The molecule has 1 aliphatic heterocycles. The van der Waals surface area contributed by atoms with E-state index < -0.39 is 23.8 Å². The lowest BCUT2D eigenvalue weighted by Gasteiger charge is -2.34. The third-order valence-electron chi connectivity index (χ3n) is 4.11. The summed E-state index contributed by atoms with van der Waals surface area (Å²) in [5.41, 5.74) is 0. The summed E-state index contributed by atoms with van der Waals surface area (Å²) in [5.74, 6) is -3.62. The highest BCUT2D eigenvalue weighted by atomic mass is 16.5. The molecule has 19 heavy (non-hydrogen) atoms. The first-order valence-corrected chi connectivity index (χ1v) is 6.89. The quantitative estimate of drug-likeness (QED) is 0.697. The van der Waals surface area contributed by atoms with Crippen LogP contribution in [-0.4, -0.2) is 47.4 Å². The van der Waals surface area contributed by atoms with Crippen LogP contribution in [0.1, 0.15) is 32.1 Å². The highest BCUT2D eigenvalue weighted by Gasteiger charge is 2.40. The molecule has 0 spiro atoms. The van der Waals surface area contributed by atoms with E-state index in [9.17, 15) is 9.59 Å². The molecule has 2 fully saturated rings. The Morgan fingerprint density at radius 3 is 2.11 bits per heavy atom. The smallest absolute Gasteiger partial charge is 0.307 e. The van der Waals surface area contributed by atoms with E-state index >= 15 is 0 Å². The number of hydrogen-bond donors (Lipinski definition) is 3. The molecule has 108 valence electrons. The molecule has 0 amide bonds. The zero-order chi connectivity index (χ0) is 13.8. The summed E-state index contributed by atoms with van der Waals surface area (Å²) >= 11 is 0. The minimum Gasteiger partial charge on any atom is -0.481 e. The fraction of sp³-hybridized carbons (Fsp3) is 0.846. The van der Waals surface area contributed by atoms with Gasteiger partial charge in [0, 0.05) is 0 Å². The van der Waals surface area contributed by atoms with Gasteiger partial charge in [-0.3, -0.25) is 9.59 Å². The largest absolute Gasteiger partial charge is 0.481 e. The molecule has 0 bridgehead atoms. The second-order valence-electron chi connectivity index (χ2n) is 5.41. The number of carboxylic acids is 2. The molecule has 1 saturated carbocycles. The summed E-state index contributed by atoms with van der Waals surface area (Å²) < 4.78 is 5.94. The Kier molecular flexibility index (Phi) is 4.76. The maximum absolute atomic E-state index is 11.2. The first kappa shape index (κ1) is 14.3. The van der Waals surface area contributed by atoms with Crippen molar-refractivity contribution in [2.75, 3.05) is 13.1 Å². The number of hydrogen-bond acceptors (Lipinski definition) is 4. The predicted octanol–water partition coefficient (Wildman–Crippen LogP) is 0.709. The van der Waals surface area contributed by atoms with E-state index in [0.29, 0.717) is 19.3 Å². The Labute approximate surface area is 112 Å². The average Bonchev–Trinajstić information content (AvgIpc) is 2.39. The van der Waals surface area contributed by atoms with Crippen LogP contribution >= 0.6 is 0 Å². The molecule has 0 aromatic rings. The molecule has 0 aromatic heterocycles. The van der Waals surface area contributed by atoms with Crippen LogP contribution in [0.25, 0.3) is 0 Å². The van der Waals surface area contributed by atoms with Gasteiger partial charge in [-0.1, -0.05) is 0 Å². The van der Waals surface area contributed by atoms with Crippen LogP contribution in [0.15, 0.2) is 0 Å². The van der Waals surface area contributed by atoms with Crippen LogP contribution in [0.5, 0.6) is 0 Å². The van der Waals surface area contributed by atoms with Crippen LogP contribution < -0.4 is 5.32 Å². The van der Waals surface area contributed by atoms with Gasteiger partial charge in [0.1, 0.15) is 0 Å². The Bertz CT molecular complexity index is 340. The van der Waals surface area contributed by atoms with Crippen molar-refractivity contribution in [3.8, 4) is 0 Å². The number of ether oxygens (including phenoxy) is 1. The molecule has 3 atom stereocenters. The van der Waals surface area contributed by atoms with Crippen molar-refractivity contribution < 1.29 is 24.5 Å². The fourth-order valence-corrected chi connectivity index (χ4v) is 3.03. The van der Waals surface area contributed by atoms with E-state index in [1.807, 2.05) is 0 Å². The monoisotopic (exact) mass is 271 g/mol. The van der Waals surface area contributed by atoms with Crippen LogP contribution in [0.4, 0.5) is 0 Å². The van der Waals surface area contributed by atoms with Crippen molar-refractivity contribution in [2.24, 2.45) is 11.8 Å². The van der Waals surface area contributed by atoms with Gasteiger partial charge >= 0.3 is 11.9 Å². The number of piperidine rings is 1. The Hall–Kier alpha value is -1.14. The molecule has 2 aliphatic rings. The maximum Gasteiger partial charge on any atom is 0.307 e. The van der Waals surface area contributed by atoms with Gasteiger partial charge in [-0.15, -0.1) is 0 Å². The van der Waals surface area contributed by atoms with Crippen molar-refractivity contribution >= 4 is 11.9 Å². The number of carboxylic acid groups (broad SMARTS) is 2. The highest BCUT2D eigenvalue weighted by molar-refractivity contribution is 5.80. The molecule has 1 saturated heterocycles. The third-order valence-corrected chi connectivity index (χ3v) is 4.11.